The van der Waals surface area contributed by atoms with Crippen molar-refractivity contribution in [3.05, 3.63) is 54.1 Å². The smallest absolute Gasteiger partial charge is 0.238 e. The molecule has 2 aromatic rings. The summed E-state index contributed by atoms with van der Waals surface area (Å²) in [6.07, 6.45) is 2.18. The Balaban J connectivity index is 1.32. The van der Waals surface area contributed by atoms with Gasteiger partial charge in [-0.2, -0.15) is 0 Å². The molecule has 4 rings (SSSR count). The fourth-order valence-corrected chi connectivity index (χ4v) is 4.70. The molecular formula is C25H34N4O2. The molecule has 31 heavy (non-hydrogen) atoms. The molecule has 0 aromatic heterocycles. The van der Waals surface area contributed by atoms with Gasteiger partial charge in [0.05, 0.1) is 13.7 Å². The number of amides is 1. The summed E-state index contributed by atoms with van der Waals surface area (Å²) >= 11 is 0. The van der Waals surface area contributed by atoms with Gasteiger partial charge >= 0.3 is 0 Å². The summed E-state index contributed by atoms with van der Waals surface area (Å²) in [6, 6.07) is 16.7. The fraction of sp³-hybridized carbons (Fsp3) is 0.480. The van der Waals surface area contributed by atoms with Crippen molar-refractivity contribution in [3.63, 3.8) is 0 Å². The Morgan fingerprint density at radius 1 is 1.06 bits per heavy atom. The summed E-state index contributed by atoms with van der Waals surface area (Å²) in [5.74, 6) is 0.907. The SMILES string of the molecule is CCN1CCN(c2ccc(NC(=O)CN3CCC[C@@H]3c3cccc(OC)c3)cc2)CC1. The number of rotatable bonds is 7. The minimum absolute atomic E-state index is 0.0408. The van der Waals surface area contributed by atoms with Crippen LogP contribution in [-0.2, 0) is 4.79 Å². The van der Waals surface area contributed by atoms with Gasteiger partial charge in [0.25, 0.3) is 0 Å². The third kappa shape index (κ3) is 5.38. The van der Waals surface area contributed by atoms with Gasteiger partial charge < -0.3 is 19.9 Å². The van der Waals surface area contributed by atoms with Crippen LogP contribution in [0.2, 0.25) is 0 Å². The van der Waals surface area contributed by atoms with Gasteiger partial charge in [0.15, 0.2) is 0 Å². The van der Waals surface area contributed by atoms with E-state index in [9.17, 15) is 4.79 Å². The Morgan fingerprint density at radius 3 is 2.55 bits per heavy atom. The summed E-state index contributed by atoms with van der Waals surface area (Å²) in [4.78, 5) is 19.9. The number of ether oxygens (including phenoxy) is 1. The number of carbonyl (C=O) groups is 1. The zero-order chi connectivity index (χ0) is 21.6. The van der Waals surface area contributed by atoms with Crippen molar-refractivity contribution in [2.45, 2.75) is 25.8 Å². The molecule has 2 aromatic carbocycles. The Morgan fingerprint density at radius 2 is 1.84 bits per heavy atom. The van der Waals surface area contributed by atoms with E-state index < -0.39 is 0 Å². The zero-order valence-corrected chi connectivity index (χ0v) is 18.7. The fourth-order valence-electron chi connectivity index (χ4n) is 4.70. The van der Waals surface area contributed by atoms with Crippen molar-refractivity contribution >= 4 is 17.3 Å². The van der Waals surface area contributed by atoms with Crippen LogP contribution in [0.3, 0.4) is 0 Å². The van der Waals surface area contributed by atoms with E-state index >= 15 is 0 Å². The number of likely N-dealkylation sites (N-methyl/N-ethyl adjacent to an activating group) is 1. The number of piperazine rings is 1. The van der Waals surface area contributed by atoms with E-state index in [0.29, 0.717) is 6.54 Å². The van der Waals surface area contributed by atoms with Gasteiger partial charge in [-0.15, -0.1) is 0 Å². The number of carbonyl (C=O) groups excluding carboxylic acids is 1. The lowest BCUT2D eigenvalue weighted by Gasteiger charge is -2.35. The van der Waals surface area contributed by atoms with Crippen LogP contribution in [0, 0.1) is 0 Å². The van der Waals surface area contributed by atoms with Crippen LogP contribution >= 0.6 is 0 Å². The second-order valence-corrected chi connectivity index (χ2v) is 8.42. The normalized spacial score (nSPS) is 20.1. The highest BCUT2D eigenvalue weighted by Gasteiger charge is 2.27. The molecule has 0 radical (unpaired) electrons. The number of anilines is 2. The quantitative estimate of drug-likeness (QED) is 0.739. The molecule has 2 aliphatic rings. The maximum Gasteiger partial charge on any atom is 0.238 e. The monoisotopic (exact) mass is 422 g/mol. The Labute approximate surface area is 185 Å². The van der Waals surface area contributed by atoms with Gasteiger partial charge in [0, 0.05) is 43.6 Å². The zero-order valence-electron chi connectivity index (χ0n) is 18.7. The van der Waals surface area contributed by atoms with Crippen molar-refractivity contribution in [1.29, 1.82) is 0 Å². The molecule has 1 amide bonds. The van der Waals surface area contributed by atoms with Crippen molar-refractivity contribution in [2.75, 3.05) is 63.1 Å². The third-order valence-corrected chi connectivity index (χ3v) is 6.52. The molecule has 0 aliphatic carbocycles. The average Bonchev–Trinajstić information content (AvgIpc) is 3.27. The Hall–Kier alpha value is -2.57. The lowest BCUT2D eigenvalue weighted by atomic mass is 10.0. The average molecular weight is 423 g/mol. The minimum atomic E-state index is 0.0408. The van der Waals surface area contributed by atoms with E-state index in [2.05, 4.69) is 51.2 Å². The first-order valence-electron chi connectivity index (χ1n) is 11.4. The van der Waals surface area contributed by atoms with Crippen molar-refractivity contribution in [2.24, 2.45) is 0 Å². The molecule has 1 atom stereocenters. The van der Waals surface area contributed by atoms with E-state index in [4.69, 9.17) is 4.74 Å². The van der Waals surface area contributed by atoms with E-state index in [1.54, 1.807) is 7.11 Å². The Bertz CT molecular complexity index is 862. The van der Waals surface area contributed by atoms with Crippen LogP contribution in [0.4, 0.5) is 11.4 Å². The van der Waals surface area contributed by atoms with Crippen molar-refractivity contribution in [3.8, 4) is 5.75 Å². The lowest BCUT2D eigenvalue weighted by molar-refractivity contribution is -0.117. The molecule has 6 nitrogen and oxygen atoms in total. The predicted molar refractivity (Wildman–Crippen MR) is 126 cm³/mol. The molecule has 0 bridgehead atoms. The Kier molecular flexibility index (Phi) is 7.10. The van der Waals surface area contributed by atoms with Gasteiger partial charge in [-0.05, 0) is 67.9 Å². The summed E-state index contributed by atoms with van der Waals surface area (Å²) in [5, 5.41) is 3.08. The molecule has 0 saturated carbocycles. The molecule has 0 unspecified atom stereocenters. The molecule has 1 N–H and O–H groups in total. The topological polar surface area (TPSA) is 48.0 Å². The van der Waals surface area contributed by atoms with Gasteiger partial charge in [-0.3, -0.25) is 9.69 Å². The first kappa shape index (κ1) is 21.7. The number of nitrogens with zero attached hydrogens (tertiary/aromatic N) is 3. The molecule has 6 heteroatoms. The van der Waals surface area contributed by atoms with Crippen LogP contribution in [0.1, 0.15) is 31.4 Å². The number of hydrogen-bond donors (Lipinski definition) is 1. The van der Waals surface area contributed by atoms with Crippen LogP contribution in [0.25, 0.3) is 0 Å². The summed E-state index contributed by atoms with van der Waals surface area (Å²) in [6.45, 7) is 9.02. The molecule has 2 aliphatic heterocycles. The molecule has 2 heterocycles. The maximum absolute atomic E-state index is 12.7. The van der Waals surface area contributed by atoms with Gasteiger partial charge in [-0.25, -0.2) is 0 Å². The predicted octanol–water partition coefficient (Wildman–Crippen LogP) is 3.61. The number of likely N-dealkylation sites (tertiary alicyclic amines) is 1. The molecular weight excluding hydrogens is 388 g/mol. The highest BCUT2D eigenvalue weighted by atomic mass is 16.5. The highest BCUT2D eigenvalue weighted by Crippen LogP contribution is 2.33. The van der Waals surface area contributed by atoms with E-state index in [1.165, 1.54) is 11.3 Å². The molecule has 166 valence electrons. The van der Waals surface area contributed by atoms with Crippen LogP contribution < -0.4 is 15.0 Å². The lowest BCUT2D eigenvalue weighted by Crippen LogP contribution is -2.46. The minimum Gasteiger partial charge on any atom is -0.497 e. The molecule has 2 saturated heterocycles. The van der Waals surface area contributed by atoms with Gasteiger partial charge in [0.2, 0.25) is 5.91 Å². The second-order valence-electron chi connectivity index (χ2n) is 8.42. The second kappa shape index (κ2) is 10.2. The van der Waals surface area contributed by atoms with Crippen molar-refractivity contribution < 1.29 is 9.53 Å². The van der Waals surface area contributed by atoms with E-state index in [1.807, 2.05) is 24.3 Å². The highest BCUT2D eigenvalue weighted by molar-refractivity contribution is 5.92. The van der Waals surface area contributed by atoms with Crippen LogP contribution in [0.15, 0.2) is 48.5 Å². The standard InChI is InChI=1S/C25H34N4O2/c1-3-27-14-16-28(17-15-27)22-11-9-21(10-12-22)26-25(30)19-29-13-5-8-24(29)20-6-4-7-23(18-20)31-2/h4,6-7,9-12,18,24H,3,5,8,13-17,19H2,1-2H3,(H,26,30)/t24-/m1/s1. The number of methoxy groups -OCH3 is 1. The first-order chi connectivity index (χ1) is 15.2. The van der Waals surface area contributed by atoms with Gasteiger partial charge in [0.1, 0.15) is 5.75 Å². The van der Waals surface area contributed by atoms with Crippen LogP contribution in [0.5, 0.6) is 5.75 Å². The number of benzene rings is 2. The van der Waals surface area contributed by atoms with Gasteiger partial charge in [-0.1, -0.05) is 19.1 Å². The number of hydrogen-bond acceptors (Lipinski definition) is 5. The van der Waals surface area contributed by atoms with Crippen LogP contribution in [-0.4, -0.2) is 68.6 Å². The molecule has 2 fully saturated rings. The third-order valence-electron chi connectivity index (χ3n) is 6.52. The summed E-state index contributed by atoms with van der Waals surface area (Å²) in [7, 11) is 1.69. The molecule has 0 spiro atoms. The number of nitrogens with one attached hydrogen (secondary N) is 1. The summed E-state index contributed by atoms with van der Waals surface area (Å²) in [5.41, 5.74) is 3.31. The van der Waals surface area contributed by atoms with E-state index in [0.717, 1.165) is 63.5 Å². The van der Waals surface area contributed by atoms with Crippen molar-refractivity contribution in [1.82, 2.24) is 9.80 Å². The van der Waals surface area contributed by atoms with E-state index in [-0.39, 0.29) is 11.9 Å². The maximum atomic E-state index is 12.7. The summed E-state index contributed by atoms with van der Waals surface area (Å²) < 4.78 is 5.37. The largest absolute Gasteiger partial charge is 0.497 e. The first-order valence-corrected chi connectivity index (χ1v) is 11.4.